The molecule has 6 aromatic heterocycles. The van der Waals surface area contributed by atoms with Crippen molar-refractivity contribution in [2.75, 3.05) is 18.0 Å². The van der Waals surface area contributed by atoms with E-state index in [0.29, 0.717) is 5.69 Å². The first kappa shape index (κ1) is 20.2. The molecule has 7 rings (SSSR count). The lowest BCUT2D eigenvalue weighted by atomic mass is 10.1. The third-order valence-electron chi connectivity index (χ3n) is 6.37. The number of anilines is 1. The van der Waals surface area contributed by atoms with Gasteiger partial charge in [0, 0.05) is 51.4 Å². The molecular weight excluding hydrogens is 458 g/mol. The molecule has 0 unspecified atom stereocenters. The lowest BCUT2D eigenvalue weighted by molar-refractivity contribution is 0.514. The number of nitrogens with zero attached hydrogens (tertiary/aromatic N) is 6. The van der Waals surface area contributed by atoms with Gasteiger partial charge in [-0.15, -0.1) is 11.3 Å². The highest BCUT2D eigenvalue weighted by Crippen LogP contribution is 2.36. The van der Waals surface area contributed by atoms with E-state index < -0.39 is 0 Å². The highest BCUT2D eigenvalue weighted by molar-refractivity contribution is 7.15. The predicted octanol–water partition coefficient (Wildman–Crippen LogP) is 4.14. The molecule has 7 heterocycles. The molecule has 1 aliphatic rings. The van der Waals surface area contributed by atoms with Gasteiger partial charge in [0.05, 0.1) is 47.2 Å². The van der Waals surface area contributed by atoms with Crippen LogP contribution in [-0.4, -0.2) is 54.2 Å². The first-order valence-corrected chi connectivity index (χ1v) is 12.1. The molecule has 172 valence electrons. The number of thiophene rings is 1. The van der Waals surface area contributed by atoms with Crippen molar-refractivity contribution in [2.24, 2.45) is 5.73 Å². The van der Waals surface area contributed by atoms with E-state index in [4.69, 9.17) is 10.7 Å². The van der Waals surface area contributed by atoms with Crippen LogP contribution in [0.3, 0.4) is 0 Å². The van der Waals surface area contributed by atoms with Crippen LogP contribution in [0.4, 0.5) is 5.82 Å². The number of aryl methyl sites for hydroxylation is 1. The highest BCUT2D eigenvalue weighted by atomic mass is 32.1. The van der Waals surface area contributed by atoms with Crippen LogP contribution in [0, 0.1) is 6.92 Å². The standard InChI is InChI=1S/C25H21N9S/c1-13-2-3-23(35-13)17-6-27-7-20-15(17)4-19(30-20)25-16-5-18(29-9-21(16)32-33-25)22-8-28-10-24(31-22)34-11-14(26)12-34/h2-10,14,30H,11-12,26H2,1H3,(H,32,33). The summed E-state index contributed by atoms with van der Waals surface area (Å²) in [7, 11) is 0. The maximum Gasteiger partial charge on any atom is 0.147 e. The second kappa shape index (κ2) is 7.69. The van der Waals surface area contributed by atoms with E-state index in [9.17, 15) is 0 Å². The Bertz CT molecular complexity index is 1710. The van der Waals surface area contributed by atoms with E-state index in [-0.39, 0.29) is 6.04 Å². The summed E-state index contributed by atoms with van der Waals surface area (Å²) in [6.45, 7) is 3.70. The number of nitrogens with two attached hydrogens (primary N) is 1. The van der Waals surface area contributed by atoms with Gasteiger partial charge in [0.25, 0.3) is 0 Å². The fraction of sp³-hybridized carbons (Fsp3) is 0.160. The summed E-state index contributed by atoms with van der Waals surface area (Å²) < 4.78 is 0. The minimum Gasteiger partial charge on any atom is -0.352 e. The van der Waals surface area contributed by atoms with E-state index in [1.54, 1.807) is 29.9 Å². The van der Waals surface area contributed by atoms with Crippen molar-refractivity contribution in [3.05, 3.63) is 60.1 Å². The van der Waals surface area contributed by atoms with Crippen molar-refractivity contribution in [1.82, 2.24) is 35.1 Å². The Hall–Kier alpha value is -4.15. The molecular formula is C25H21N9S. The van der Waals surface area contributed by atoms with Gasteiger partial charge in [-0.05, 0) is 31.2 Å². The van der Waals surface area contributed by atoms with E-state index in [1.165, 1.54) is 9.75 Å². The number of H-pyrrole nitrogens is 2. The van der Waals surface area contributed by atoms with E-state index in [0.717, 1.165) is 63.4 Å². The van der Waals surface area contributed by atoms with Crippen LogP contribution in [0.15, 0.2) is 55.2 Å². The van der Waals surface area contributed by atoms with Gasteiger partial charge in [-0.2, -0.15) is 5.10 Å². The summed E-state index contributed by atoms with van der Waals surface area (Å²) in [6, 6.07) is 8.63. The van der Waals surface area contributed by atoms with E-state index >= 15 is 0 Å². The van der Waals surface area contributed by atoms with Crippen molar-refractivity contribution < 1.29 is 0 Å². The topological polar surface area (TPSA) is 125 Å². The maximum absolute atomic E-state index is 5.93. The van der Waals surface area contributed by atoms with Crippen LogP contribution in [0.5, 0.6) is 0 Å². The molecule has 0 spiro atoms. The Morgan fingerprint density at radius 1 is 0.971 bits per heavy atom. The van der Waals surface area contributed by atoms with Gasteiger partial charge in [0.15, 0.2) is 0 Å². The summed E-state index contributed by atoms with van der Waals surface area (Å²) >= 11 is 1.77. The van der Waals surface area contributed by atoms with Crippen LogP contribution >= 0.6 is 11.3 Å². The Morgan fingerprint density at radius 3 is 2.69 bits per heavy atom. The Labute approximate surface area is 204 Å². The summed E-state index contributed by atoms with van der Waals surface area (Å²) in [4.78, 5) is 26.3. The maximum atomic E-state index is 5.93. The zero-order valence-corrected chi connectivity index (χ0v) is 19.7. The molecule has 0 atom stereocenters. The summed E-state index contributed by atoms with van der Waals surface area (Å²) in [6.07, 6.45) is 9.07. The van der Waals surface area contributed by atoms with E-state index in [1.807, 2.05) is 18.5 Å². The number of fused-ring (bicyclic) bond motifs is 2. The second-order valence-corrected chi connectivity index (χ2v) is 10.1. The number of aromatic amines is 2. The molecule has 4 N–H and O–H groups in total. The zero-order chi connectivity index (χ0) is 23.5. The van der Waals surface area contributed by atoms with Crippen LogP contribution < -0.4 is 10.6 Å². The van der Waals surface area contributed by atoms with Crippen molar-refractivity contribution >= 4 is 39.0 Å². The van der Waals surface area contributed by atoms with Gasteiger partial charge in [-0.25, -0.2) is 4.98 Å². The van der Waals surface area contributed by atoms with Crippen LogP contribution in [-0.2, 0) is 0 Å². The average Bonchev–Trinajstić information content (AvgIpc) is 3.59. The minimum atomic E-state index is 0.194. The summed E-state index contributed by atoms with van der Waals surface area (Å²) in [5.74, 6) is 0.818. The summed E-state index contributed by atoms with van der Waals surface area (Å²) in [5.41, 5.74) is 12.1. The molecule has 10 heteroatoms. The van der Waals surface area contributed by atoms with Crippen molar-refractivity contribution in [3.63, 3.8) is 0 Å². The number of nitrogens with one attached hydrogen (secondary N) is 2. The number of pyridine rings is 2. The number of hydrogen-bond donors (Lipinski definition) is 3. The zero-order valence-electron chi connectivity index (χ0n) is 18.9. The highest BCUT2D eigenvalue weighted by Gasteiger charge is 2.25. The van der Waals surface area contributed by atoms with Gasteiger partial charge < -0.3 is 15.6 Å². The van der Waals surface area contributed by atoms with Gasteiger partial charge in [-0.3, -0.25) is 20.1 Å². The molecule has 35 heavy (non-hydrogen) atoms. The lowest BCUT2D eigenvalue weighted by Gasteiger charge is -2.37. The molecule has 1 saturated heterocycles. The van der Waals surface area contributed by atoms with Gasteiger partial charge >= 0.3 is 0 Å². The van der Waals surface area contributed by atoms with Crippen molar-refractivity contribution in [1.29, 1.82) is 0 Å². The first-order valence-electron chi connectivity index (χ1n) is 11.3. The molecule has 1 fully saturated rings. The molecule has 9 nitrogen and oxygen atoms in total. The average molecular weight is 480 g/mol. The SMILES string of the molecule is Cc1ccc(-c2cncc3[nH]c(-c4n[nH]c5cnc(-c6cncc(N7CC(N)C7)n6)cc45)cc23)s1. The fourth-order valence-electron chi connectivity index (χ4n) is 4.55. The van der Waals surface area contributed by atoms with Gasteiger partial charge in [-0.1, -0.05) is 0 Å². The minimum absolute atomic E-state index is 0.194. The fourth-order valence-corrected chi connectivity index (χ4v) is 5.44. The Balaban J connectivity index is 1.31. The molecule has 1 aliphatic heterocycles. The predicted molar refractivity (Wildman–Crippen MR) is 138 cm³/mol. The van der Waals surface area contributed by atoms with Crippen molar-refractivity contribution in [3.8, 4) is 33.2 Å². The molecule has 6 aromatic rings. The normalized spacial score (nSPS) is 14.2. The largest absolute Gasteiger partial charge is 0.352 e. The van der Waals surface area contributed by atoms with Gasteiger partial charge in [0.1, 0.15) is 17.2 Å². The monoisotopic (exact) mass is 479 g/mol. The van der Waals surface area contributed by atoms with Crippen LogP contribution in [0.2, 0.25) is 0 Å². The third-order valence-corrected chi connectivity index (χ3v) is 7.41. The van der Waals surface area contributed by atoms with Crippen LogP contribution in [0.25, 0.3) is 55.0 Å². The molecule has 0 radical (unpaired) electrons. The molecule has 0 aromatic carbocycles. The Kier molecular flexibility index (Phi) is 4.45. The second-order valence-electron chi connectivity index (χ2n) is 8.86. The third kappa shape index (κ3) is 3.37. The smallest absolute Gasteiger partial charge is 0.147 e. The van der Waals surface area contributed by atoms with E-state index in [2.05, 4.69) is 60.2 Å². The first-order chi connectivity index (χ1) is 17.1. The Morgan fingerprint density at radius 2 is 1.86 bits per heavy atom. The molecule has 0 aliphatic carbocycles. The lowest BCUT2D eigenvalue weighted by Crippen LogP contribution is -2.56. The quantitative estimate of drug-likeness (QED) is 0.347. The van der Waals surface area contributed by atoms with Crippen molar-refractivity contribution in [2.45, 2.75) is 13.0 Å². The molecule has 0 amide bonds. The summed E-state index contributed by atoms with van der Waals surface area (Å²) in [5, 5.41) is 9.79. The number of aromatic nitrogens is 7. The molecule has 0 bridgehead atoms. The molecule has 0 saturated carbocycles. The number of rotatable bonds is 4. The van der Waals surface area contributed by atoms with Crippen LogP contribution in [0.1, 0.15) is 4.88 Å². The van der Waals surface area contributed by atoms with Gasteiger partial charge in [0.2, 0.25) is 0 Å². The number of hydrogen-bond acceptors (Lipinski definition) is 8.